The molecule has 0 fully saturated rings. The largest absolute Gasteiger partial charge is 0.362 e. The van der Waals surface area contributed by atoms with Crippen LogP contribution in [0.25, 0.3) is 0 Å². The zero-order chi connectivity index (χ0) is 18.2. The third kappa shape index (κ3) is 6.47. The van der Waals surface area contributed by atoms with Crippen molar-refractivity contribution >= 4 is 35.8 Å². The molecular weight excluding hydrogens is 441 g/mol. The average molecular weight is 471 g/mol. The molecule has 2 N–H and O–H groups in total. The third-order valence-electron chi connectivity index (χ3n) is 3.90. The molecule has 0 aliphatic rings. The van der Waals surface area contributed by atoms with E-state index in [1.54, 1.807) is 7.05 Å². The summed E-state index contributed by atoms with van der Waals surface area (Å²) in [4.78, 5) is 10.7. The monoisotopic (exact) mass is 471 g/mol. The molecule has 8 heteroatoms. The van der Waals surface area contributed by atoms with Crippen LogP contribution in [0.4, 0.5) is 5.82 Å². The van der Waals surface area contributed by atoms with E-state index in [2.05, 4.69) is 44.8 Å². The van der Waals surface area contributed by atoms with Gasteiger partial charge in [-0.2, -0.15) is 5.10 Å². The number of rotatable bonds is 7. The van der Waals surface area contributed by atoms with E-state index in [1.165, 1.54) is 5.69 Å². The van der Waals surface area contributed by atoms with Crippen molar-refractivity contribution in [2.24, 2.45) is 4.99 Å². The molecule has 2 rings (SSSR count). The van der Waals surface area contributed by atoms with Crippen molar-refractivity contribution in [1.29, 1.82) is 0 Å². The molecule has 0 aliphatic heterocycles. The summed E-state index contributed by atoms with van der Waals surface area (Å²) in [6.45, 7) is 6.53. The van der Waals surface area contributed by atoms with E-state index in [1.807, 2.05) is 42.9 Å². The van der Waals surface area contributed by atoms with Gasteiger partial charge in [-0.3, -0.25) is 9.67 Å². The number of nitrogens with zero attached hydrogens (tertiary/aromatic N) is 5. The molecule has 0 amide bonds. The fourth-order valence-corrected chi connectivity index (χ4v) is 2.71. The van der Waals surface area contributed by atoms with E-state index in [0.717, 1.165) is 42.5 Å². The topological polar surface area (TPSA) is 70.4 Å². The van der Waals surface area contributed by atoms with Crippen molar-refractivity contribution in [2.45, 2.75) is 33.4 Å². The Morgan fingerprint density at radius 3 is 2.65 bits per heavy atom. The highest BCUT2D eigenvalue weighted by Crippen LogP contribution is 2.13. The first-order valence-corrected chi connectivity index (χ1v) is 8.58. The number of nitrogens with one attached hydrogen (secondary N) is 2. The maximum atomic E-state index is 4.48. The molecule has 2 aromatic rings. The summed E-state index contributed by atoms with van der Waals surface area (Å²) in [6, 6.07) is 6.13. The van der Waals surface area contributed by atoms with Crippen LogP contribution in [0, 0.1) is 13.8 Å². The van der Waals surface area contributed by atoms with Crippen LogP contribution in [0.2, 0.25) is 0 Å². The van der Waals surface area contributed by atoms with Crippen molar-refractivity contribution in [3.8, 4) is 0 Å². The van der Waals surface area contributed by atoms with Crippen molar-refractivity contribution in [3.05, 3.63) is 41.3 Å². The van der Waals surface area contributed by atoms with E-state index >= 15 is 0 Å². The second kappa shape index (κ2) is 11.0. The Bertz CT molecular complexity index is 709. The number of halogens is 1. The standard InChI is InChI=1S/C18H29N7.HI/c1-14-12-15(2)25(23-14)11-7-10-21-18(19-3)22-13-16-8-6-9-20-17(16)24(4)5;/h6,8-9,12H,7,10-11,13H2,1-5H3,(H2,19,21,22);1H. The molecule has 0 aliphatic carbocycles. The van der Waals surface area contributed by atoms with Crippen LogP contribution in [0.3, 0.4) is 0 Å². The first-order valence-electron chi connectivity index (χ1n) is 8.58. The first-order chi connectivity index (χ1) is 12.0. The lowest BCUT2D eigenvalue weighted by atomic mass is 10.2. The minimum Gasteiger partial charge on any atom is -0.362 e. The summed E-state index contributed by atoms with van der Waals surface area (Å²) >= 11 is 0. The first kappa shape index (κ1) is 22.2. The predicted octanol–water partition coefficient (Wildman–Crippen LogP) is 2.33. The van der Waals surface area contributed by atoms with Gasteiger partial charge in [0.15, 0.2) is 5.96 Å². The normalized spacial score (nSPS) is 11.0. The minimum atomic E-state index is 0. The van der Waals surface area contributed by atoms with Gasteiger partial charge in [-0.1, -0.05) is 6.07 Å². The van der Waals surface area contributed by atoms with Gasteiger partial charge in [0.25, 0.3) is 0 Å². The number of aryl methyl sites for hydroxylation is 3. The maximum absolute atomic E-state index is 4.48. The van der Waals surface area contributed by atoms with Gasteiger partial charge < -0.3 is 15.5 Å². The quantitative estimate of drug-likeness (QED) is 0.281. The van der Waals surface area contributed by atoms with Gasteiger partial charge in [-0.05, 0) is 32.4 Å². The molecule has 0 radical (unpaired) electrons. The summed E-state index contributed by atoms with van der Waals surface area (Å²) < 4.78 is 2.05. The molecule has 0 atom stereocenters. The van der Waals surface area contributed by atoms with Crippen LogP contribution in [0.15, 0.2) is 29.4 Å². The van der Waals surface area contributed by atoms with Gasteiger partial charge in [0.05, 0.1) is 5.69 Å². The fraction of sp³-hybridized carbons (Fsp3) is 0.500. The van der Waals surface area contributed by atoms with Gasteiger partial charge in [0.2, 0.25) is 0 Å². The lowest BCUT2D eigenvalue weighted by Crippen LogP contribution is -2.37. The zero-order valence-corrected chi connectivity index (χ0v) is 18.6. The van der Waals surface area contributed by atoms with Crippen LogP contribution < -0.4 is 15.5 Å². The van der Waals surface area contributed by atoms with Gasteiger partial charge in [-0.15, -0.1) is 24.0 Å². The Morgan fingerprint density at radius 2 is 2.04 bits per heavy atom. The molecule has 0 saturated carbocycles. The number of guanidine groups is 1. The minimum absolute atomic E-state index is 0. The summed E-state index contributed by atoms with van der Waals surface area (Å²) in [5.74, 6) is 1.76. The van der Waals surface area contributed by atoms with Crippen molar-refractivity contribution in [3.63, 3.8) is 0 Å². The smallest absolute Gasteiger partial charge is 0.191 e. The Labute approximate surface area is 173 Å². The number of pyridine rings is 1. The Balaban J connectivity index is 0.00000338. The third-order valence-corrected chi connectivity index (χ3v) is 3.90. The second-order valence-electron chi connectivity index (χ2n) is 6.24. The molecule has 26 heavy (non-hydrogen) atoms. The molecule has 0 spiro atoms. The fourth-order valence-electron chi connectivity index (χ4n) is 2.71. The van der Waals surface area contributed by atoms with E-state index < -0.39 is 0 Å². The lowest BCUT2D eigenvalue weighted by molar-refractivity contribution is 0.555. The van der Waals surface area contributed by atoms with Crippen LogP contribution in [-0.2, 0) is 13.1 Å². The van der Waals surface area contributed by atoms with E-state index in [4.69, 9.17) is 0 Å². The van der Waals surface area contributed by atoms with Gasteiger partial charge in [0, 0.05) is 58.2 Å². The van der Waals surface area contributed by atoms with Gasteiger partial charge in [-0.25, -0.2) is 4.98 Å². The Hall–Kier alpha value is -1.84. The molecular formula is C18H30IN7. The molecule has 0 aromatic carbocycles. The molecule has 0 unspecified atom stereocenters. The lowest BCUT2D eigenvalue weighted by Gasteiger charge is -2.17. The van der Waals surface area contributed by atoms with Gasteiger partial charge in [0.1, 0.15) is 5.82 Å². The van der Waals surface area contributed by atoms with E-state index in [9.17, 15) is 0 Å². The maximum Gasteiger partial charge on any atom is 0.191 e. The number of aliphatic imine (C=N–C) groups is 1. The molecule has 2 aromatic heterocycles. The van der Waals surface area contributed by atoms with Crippen LogP contribution in [0.5, 0.6) is 0 Å². The van der Waals surface area contributed by atoms with Crippen LogP contribution in [-0.4, -0.2) is 48.4 Å². The van der Waals surface area contributed by atoms with Crippen molar-refractivity contribution in [1.82, 2.24) is 25.4 Å². The summed E-state index contributed by atoms with van der Waals surface area (Å²) in [6.07, 6.45) is 2.80. The molecule has 144 valence electrons. The summed E-state index contributed by atoms with van der Waals surface area (Å²) in [5, 5.41) is 11.2. The van der Waals surface area contributed by atoms with Gasteiger partial charge >= 0.3 is 0 Å². The second-order valence-corrected chi connectivity index (χ2v) is 6.24. The highest BCUT2D eigenvalue weighted by molar-refractivity contribution is 14.0. The molecule has 0 saturated heterocycles. The van der Waals surface area contributed by atoms with Crippen LogP contribution >= 0.6 is 24.0 Å². The summed E-state index contributed by atoms with van der Waals surface area (Å²) in [5.41, 5.74) is 3.40. The molecule has 0 bridgehead atoms. The number of hydrogen-bond acceptors (Lipinski definition) is 4. The van der Waals surface area contributed by atoms with Crippen molar-refractivity contribution < 1.29 is 0 Å². The van der Waals surface area contributed by atoms with E-state index in [-0.39, 0.29) is 24.0 Å². The zero-order valence-electron chi connectivity index (χ0n) is 16.3. The predicted molar refractivity (Wildman–Crippen MR) is 118 cm³/mol. The number of aromatic nitrogens is 3. The van der Waals surface area contributed by atoms with E-state index in [0.29, 0.717) is 6.54 Å². The number of anilines is 1. The highest BCUT2D eigenvalue weighted by Gasteiger charge is 2.06. The average Bonchev–Trinajstić information content (AvgIpc) is 2.91. The van der Waals surface area contributed by atoms with Crippen molar-refractivity contribution in [2.75, 3.05) is 32.6 Å². The highest BCUT2D eigenvalue weighted by atomic mass is 127. The molecule has 7 nitrogen and oxygen atoms in total. The SMILES string of the molecule is CN=C(NCCCn1nc(C)cc1C)NCc1cccnc1N(C)C.I. The summed E-state index contributed by atoms with van der Waals surface area (Å²) in [7, 11) is 5.78. The Morgan fingerprint density at radius 1 is 1.27 bits per heavy atom. The van der Waals surface area contributed by atoms with Crippen LogP contribution in [0.1, 0.15) is 23.4 Å². The Kier molecular flexibility index (Phi) is 9.39. The number of hydrogen-bond donors (Lipinski definition) is 2. The molecule has 2 heterocycles.